The van der Waals surface area contributed by atoms with E-state index >= 15 is 0 Å². The molecule has 0 unspecified atom stereocenters. The van der Waals surface area contributed by atoms with Crippen LogP contribution in [0.1, 0.15) is 19.0 Å². The van der Waals surface area contributed by atoms with Gasteiger partial charge in [-0.15, -0.1) is 0 Å². The third kappa shape index (κ3) is 3.83. The van der Waals surface area contributed by atoms with Crippen molar-refractivity contribution in [1.82, 2.24) is 9.55 Å². The van der Waals surface area contributed by atoms with Crippen molar-refractivity contribution in [3.63, 3.8) is 0 Å². The minimum Gasteiger partial charge on any atom is -0.370 e. The molecule has 0 saturated heterocycles. The van der Waals surface area contributed by atoms with Crippen molar-refractivity contribution in [2.45, 2.75) is 19.9 Å². The summed E-state index contributed by atoms with van der Waals surface area (Å²) >= 11 is 6.15. The summed E-state index contributed by atoms with van der Waals surface area (Å²) in [7, 11) is 0. The summed E-state index contributed by atoms with van der Waals surface area (Å²) in [5, 5.41) is 3.85. The van der Waals surface area contributed by atoms with Crippen molar-refractivity contribution in [3.8, 4) is 0 Å². The lowest BCUT2D eigenvalue weighted by atomic mass is 10.3. The number of hydrogen-bond donors (Lipinski definition) is 1. The number of pyridine rings is 2. The second-order valence-electron chi connectivity index (χ2n) is 4.26. The fraction of sp³-hybridized carbons (Fsp3) is 0.286. The van der Waals surface area contributed by atoms with Gasteiger partial charge in [-0.05, 0) is 18.6 Å². The predicted molar refractivity (Wildman–Crippen MR) is 77.8 cm³/mol. The monoisotopic (exact) mass is 277 g/mol. The highest BCUT2D eigenvalue weighted by molar-refractivity contribution is 6.31. The van der Waals surface area contributed by atoms with E-state index < -0.39 is 0 Å². The van der Waals surface area contributed by atoms with Gasteiger partial charge >= 0.3 is 0 Å². The average Bonchev–Trinajstić information content (AvgIpc) is 2.42. The van der Waals surface area contributed by atoms with E-state index in [1.54, 1.807) is 12.4 Å². The molecule has 0 spiro atoms. The zero-order chi connectivity index (χ0) is 13.7. The highest BCUT2D eigenvalue weighted by atomic mass is 35.5. The highest BCUT2D eigenvalue weighted by Gasteiger charge is 2.04. The maximum absolute atomic E-state index is 11.0. The molecule has 4 nitrogen and oxygen atoms in total. The molecule has 0 aromatic carbocycles. The molecule has 19 heavy (non-hydrogen) atoms. The molecule has 0 radical (unpaired) electrons. The molecule has 0 amide bonds. The van der Waals surface area contributed by atoms with Gasteiger partial charge in [0, 0.05) is 31.1 Å². The van der Waals surface area contributed by atoms with Crippen LogP contribution in [0.5, 0.6) is 0 Å². The summed E-state index contributed by atoms with van der Waals surface area (Å²) < 4.78 is 1.87. The first-order chi connectivity index (χ1) is 9.19. The summed E-state index contributed by atoms with van der Waals surface area (Å²) in [5.41, 5.74) is 0.778. The molecule has 0 aliphatic carbocycles. The summed E-state index contributed by atoms with van der Waals surface area (Å²) in [4.78, 5) is 15.5. The molecular weight excluding hydrogens is 262 g/mol. The Morgan fingerprint density at radius 3 is 2.68 bits per heavy atom. The molecule has 0 atom stereocenters. The Kier molecular flexibility index (Phi) is 4.58. The zero-order valence-corrected chi connectivity index (χ0v) is 11.5. The first-order valence-electron chi connectivity index (χ1n) is 6.24. The maximum Gasteiger partial charge on any atom is 0.181 e. The molecule has 2 rings (SSSR count). The van der Waals surface area contributed by atoms with E-state index in [9.17, 15) is 4.79 Å². The minimum absolute atomic E-state index is 0.00586. The molecule has 2 aromatic rings. The number of anilines is 1. The molecule has 2 heterocycles. The quantitative estimate of drug-likeness (QED) is 0.914. The second kappa shape index (κ2) is 6.38. The van der Waals surface area contributed by atoms with E-state index in [-0.39, 0.29) is 5.43 Å². The lowest BCUT2D eigenvalue weighted by Crippen LogP contribution is -2.08. The van der Waals surface area contributed by atoms with Crippen LogP contribution in [0.25, 0.3) is 0 Å². The summed E-state index contributed by atoms with van der Waals surface area (Å²) in [6.07, 6.45) is 4.50. The van der Waals surface area contributed by atoms with Crippen molar-refractivity contribution in [1.29, 1.82) is 0 Å². The number of halogens is 1. The number of rotatable bonds is 5. The van der Waals surface area contributed by atoms with Gasteiger partial charge in [-0.2, -0.15) is 0 Å². The first kappa shape index (κ1) is 13.6. The summed E-state index contributed by atoms with van der Waals surface area (Å²) in [6, 6.07) is 6.75. The van der Waals surface area contributed by atoms with Crippen LogP contribution in [0.4, 0.5) is 5.82 Å². The third-order valence-corrected chi connectivity index (χ3v) is 3.01. The minimum atomic E-state index is -0.00586. The molecule has 0 aliphatic rings. The number of aromatic nitrogens is 2. The molecule has 100 valence electrons. The number of nitrogens with zero attached hydrogens (tertiary/aromatic N) is 2. The second-order valence-corrected chi connectivity index (χ2v) is 4.67. The Balaban J connectivity index is 2.18. The Labute approximate surface area is 117 Å². The van der Waals surface area contributed by atoms with E-state index in [0.717, 1.165) is 24.5 Å². The van der Waals surface area contributed by atoms with Crippen LogP contribution in [0.2, 0.25) is 5.02 Å². The van der Waals surface area contributed by atoms with Crippen LogP contribution in [-0.2, 0) is 6.54 Å². The van der Waals surface area contributed by atoms with Gasteiger partial charge in [-0.3, -0.25) is 4.79 Å². The standard InChI is InChI=1S/C14H16ClN3O/c1-2-7-16-14-4-3-12(15)13(17-14)10-18-8-5-11(19)6-9-18/h3-6,8-9H,2,7,10H2,1H3,(H,16,17). The van der Waals surface area contributed by atoms with Gasteiger partial charge < -0.3 is 9.88 Å². The predicted octanol–water partition coefficient (Wildman–Crippen LogP) is 2.77. The lowest BCUT2D eigenvalue weighted by Gasteiger charge is -2.10. The molecule has 0 fully saturated rings. The molecule has 0 aliphatic heterocycles. The van der Waals surface area contributed by atoms with Gasteiger partial charge in [0.2, 0.25) is 0 Å². The first-order valence-corrected chi connectivity index (χ1v) is 6.62. The Morgan fingerprint density at radius 1 is 1.26 bits per heavy atom. The van der Waals surface area contributed by atoms with Gasteiger partial charge in [0.1, 0.15) is 5.82 Å². The third-order valence-electron chi connectivity index (χ3n) is 2.67. The van der Waals surface area contributed by atoms with E-state index in [2.05, 4.69) is 17.2 Å². The van der Waals surface area contributed by atoms with Crippen LogP contribution in [0.3, 0.4) is 0 Å². The number of nitrogens with one attached hydrogen (secondary N) is 1. The van der Waals surface area contributed by atoms with Gasteiger partial charge in [-0.25, -0.2) is 4.98 Å². The highest BCUT2D eigenvalue weighted by Crippen LogP contribution is 2.17. The van der Waals surface area contributed by atoms with Gasteiger partial charge in [0.25, 0.3) is 0 Å². The van der Waals surface area contributed by atoms with Gasteiger partial charge in [0.15, 0.2) is 5.43 Å². The topological polar surface area (TPSA) is 46.9 Å². The van der Waals surface area contributed by atoms with Gasteiger partial charge in [-0.1, -0.05) is 18.5 Å². The van der Waals surface area contributed by atoms with E-state index in [1.807, 2.05) is 16.7 Å². The number of hydrogen-bond acceptors (Lipinski definition) is 3. The lowest BCUT2D eigenvalue weighted by molar-refractivity contribution is 0.766. The molecule has 0 bridgehead atoms. The van der Waals surface area contributed by atoms with Crippen LogP contribution >= 0.6 is 11.6 Å². The normalized spacial score (nSPS) is 10.4. The van der Waals surface area contributed by atoms with E-state index in [1.165, 1.54) is 12.1 Å². The van der Waals surface area contributed by atoms with Crippen LogP contribution in [-0.4, -0.2) is 16.1 Å². The molecule has 5 heteroatoms. The maximum atomic E-state index is 11.0. The van der Waals surface area contributed by atoms with Crippen molar-refractivity contribution < 1.29 is 0 Å². The molecule has 2 aromatic heterocycles. The largest absolute Gasteiger partial charge is 0.370 e. The van der Waals surface area contributed by atoms with Crippen LogP contribution in [0, 0.1) is 0 Å². The smallest absolute Gasteiger partial charge is 0.181 e. The van der Waals surface area contributed by atoms with Crippen LogP contribution < -0.4 is 10.7 Å². The summed E-state index contributed by atoms with van der Waals surface area (Å²) in [5.74, 6) is 0.822. The van der Waals surface area contributed by atoms with Crippen molar-refractivity contribution in [2.75, 3.05) is 11.9 Å². The zero-order valence-electron chi connectivity index (χ0n) is 10.8. The molecule has 1 N–H and O–H groups in total. The van der Waals surface area contributed by atoms with Crippen molar-refractivity contribution in [3.05, 3.63) is 57.6 Å². The fourth-order valence-corrected chi connectivity index (χ4v) is 1.83. The molecular formula is C14H16ClN3O. The average molecular weight is 278 g/mol. The Hall–Kier alpha value is -1.81. The summed E-state index contributed by atoms with van der Waals surface area (Å²) in [6.45, 7) is 3.52. The van der Waals surface area contributed by atoms with Crippen molar-refractivity contribution in [2.24, 2.45) is 0 Å². The van der Waals surface area contributed by atoms with E-state index in [0.29, 0.717) is 11.6 Å². The van der Waals surface area contributed by atoms with E-state index in [4.69, 9.17) is 11.6 Å². The SMILES string of the molecule is CCCNc1ccc(Cl)c(Cn2ccc(=O)cc2)n1. The van der Waals surface area contributed by atoms with Gasteiger partial charge in [0.05, 0.1) is 17.3 Å². The molecule has 0 saturated carbocycles. The van der Waals surface area contributed by atoms with Crippen molar-refractivity contribution >= 4 is 17.4 Å². The Bertz CT molecular complexity index is 589. The van der Waals surface area contributed by atoms with Crippen LogP contribution in [0.15, 0.2) is 41.5 Å². The fourth-order valence-electron chi connectivity index (χ4n) is 1.67. The Morgan fingerprint density at radius 2 is 2.00 bits per heavy atom.